The van der Waals surface area contributed by atoms with Crippen LogP contribution in [0, 0.1) is 5.92 Å². The summed E-state index contributed by atoms with van der Waals surface area (Å²) in [5.41, 5.74) is 0. The number of morpholine rings is 1. The summed E-state index contributed by atoms with van der Waals surface area (Å²) in [5, 5.41) is 6.29. The number of rotatable bonds is 6. The molecule has 0 aliphatic carbocycles. The van der Waals surface area contributed by atoms with Gasteiger partial charge in [-0.2, -0.15) is 0 Å². The number of hydrogen-bond acceptors (Lipinski definition) is 4. The molecule has 2 heterocycles. The lowest BCUT2D eigenvalue weighted by Gasteiger charge is -2.29. The molecule has 2 fully saturated rings. The molecular formula is C15H29N3O2. The lowest BCUT2D eigenvalue weighted by Crippen LogP contribution is -2.42. The molecule has 116 valence electrons. The van der Waals surface area contributed by atoms with Crippen LogP contribution in [0.3, 0.4) is 0 Å². The molecule has 20 heavy (non-hydrogen) atoms. The van der Waals surface area contributed by atoms with Crippen LogP contribution in [0.25, 0.3) is 0 Å². The number of hydrogen-bond donors (Lipinski definition) is 2. The molecular weight excluding hydrogens is 254 g/mol. The van der Waals surface area contributed by atoms with E-state index in [9.17, 15) is 4.79 Å². The van der Waals surface area contributed by atoms with Gasteiger partial charge in [0, 0.05) is 26.2 Å². The van der Waals surface area contributed by atoms with Crippen molar-refractivity contribution in [1.82, 2.24) is 15.5 Å². The molecule has 5 heteroatoms. The molecule has 0 spiro atoms. The van der Waals surface area contributed by atoms with Crippen LogP contribution in [0.2, 0.25) is 0 Å². The summed E-state index contributed by atoms with van der Waals surface area (Å²) in [4.78, 5) is 14.4. The summed E-state index contributed by atoms with van der Waals surface area (Å²) < 4.78 is 5.55. The highest BCUT2D eigenvalue weighted by molar-refractivity contribution is 5.76. The van der Waals surface area contributed by atoms with Crippen molar-refractivity contribution >= 4 is 5.91 Å². The van der Waals surface area contributed by atoms with Gasteiger partial charge in [-0.05, 0) is 31.8 Å². The van der Waals surface area contributed by atoms with Crippen molar-refractivity contribution < 1.29 is 9.53 Å². The second-order valence-electron chi connectivity index (χ2n) is 6.17. The topological polar surface area (TPSA) is 53.6 Å². The average molecular weight is 283 g/mol. The third-order valence-electron chi connectivity index (χ3n) is 4.08. The van der Waals surface area contributed by atoms with Crippen LogP contribution in [-0.4, -0.2) is 62.8 Å². The van der Waals surface area contributed by atoms with Crippen molar-refractivity contribution in [3.63, 3.8) is 0 Å². The lowest BCUT2D eigenvalue weighted by atomic mass is 10.1. The maximum absolute atomic E-state index is 11.9. The van der Waals surface area contributed by atoms with E-state index in [1.807, 2.05) is 0 Å². The van der Waals surface area contributed by atoms with Gasteiger partial charge in [-0.1, -0.05) is 13.3 Å². The van der Waals surface area contributed by atoms with Crippen LogP contribution in [0.15, 0.2) is 0 Å². The van der Waals surface area contributed by atoms with Gasteiger partial charge in [0.1, 0.15) is 0 Å². The molecule has 0 radical (unpaired) electrons. The number of likely N-dealkylation sites (tertiary alicyclic amines) is 1. The van der Waals surface area contributed by atoms with Gasteiger partial charge in [0.05, 0.1) is 19.1 Å². The van der Waals surface area contributed by atoms with Gasteiger partial charge >= 0.3 is 0 Å². The number of amides is 1. The largest absolute Gasteiger partial charge is 0.375 e. The molecule has 2 atom stereocenters. The molecule has 5 nitrogen and oxygen atoms in total. The molecule has 2 saturated heterocycles. The van der Waals surface area contributed by atoms with E-state index in [1.165, 1.54) is 32.4 Å². The van der Waals surface area contributed by atoms with Crippen molar-refractivity contribution in [3.05, 3.63) is 0 Å². The number of carbonyl (C=O) groups is 1. The summed E-state index contributed by atoms with van der Waals surface area (Å²) in [6.45, 7) is 8.93. The van der Waals surface area contributed by atoms with E-state index in [0.29, 0.717) is 18.9 Å². The molecule has 0 saturated carbocycles. The predicted octanol–water partition coefficient (Wildman–Crippen LogP) is 0.603. The molecule has 2 aliphatic rings. The molecule has 2 N–H and O–H groups in total. The highest BCUT2D eigenvalue weighted by Crippen LogP contribution is 2.10. The lowest BCUT2D eigenvalue weighted by molar-refractivity contribution is -0.124. The van der Waals surface area contributed by atoms with Crippen molar-refractivity contribution in [2.24, 2.45) is 5.92 Å². The van der Waals surface area contributed by atoms with Crippen LogP contribution in [-0.2, 0) is 9.53 Å². The first-order valence-electron chi connectivity index (χ1n) is 8.05. The van der Waals surface area contributed by atoms with Crippen LogP contribution >= 0.6 is 0 Å². The second kappa shape index (κ2) is 8.60. The van der Waals surface area contributed by atoms with Crippen LogP contribution in [0.5, 0.6) is 0 Å². The normalized spacial score (nSPS) is 26.1. The zero-order valence-electron chi connectivity index (χ0n) is 12.7. The molecule has 0 bridgehead atoms. The highest BCUT2D eigenvalue weighted by atomic mass is 16.5. The van der Waals surface area contributed by atoms with Gasteiger partial charge in [0.15, 0.2) is 0 Å². The fourth-order valence-electron chi connectivity index (χ4n) is 2.97. The van der Waals surface area contributed by atoms with E-state index in [4.69, 9.17) is 4.74 Å². The van der Waals surface area contributed by atoms with Crippen LogP contribution < -0.4 is 10.6 Å². The predicted molar refractivity (Wildman–Crippen MR) is 79.7 cm³/mol. The monoisotopic (exact) mass is 283 g/mol. The van der Waals surface area contributed by atoms with Crippen molar-refractivity contribution in [2.75, 3.05) is 45.9 Å². The Bertz CT molecular complexity index is 287. The molecule has 0 aromatic carbocycles. The Morgan fingerprint density at radius 2 is 2.20 bits per heavy atom. The SMILES string of the molecule is CC(CNC(=O)CC1CNCCO1)CN1CCCCC1. The Hall–Kier alpha value is -0.650. The summed E-state index contributed by atoms with van der Waals surface area (Å²) in [7, 11) is 0. The smallest absolute Gasteiger partial charge is 0.222 e. The maximum Gasteiger partial charge on any atom is 0.222 e. The third kappa shape index (κ3) is 5.77. The standard InChI is InChI=1S/C15H29N3O2/c1-13(12-18-6-3-2-4-7-18)10-17-15(19)9-14-11-16-5-8-20-14/h13-14,16H,2-12H2,1H3,(H,17,19). The first-order valence-corrected chi connectivity index (χ1v) is 8.05. The minimum Gasteiger partial charge on any atom is -0.375 e. The van der Waals surface area contributed by atoms with E-state index in [-0.39, 0.29) is 12.0 Å². The first kappa shape index (κ1) is 15.7. The second-order valence-corrected chi connectivity index (χ2v) is 6.17. The highest BCUT2D eigenvalue weighted by Gasteiger charge is 2.18. The fourth-order valence-corrected chi connectivity index (χ4v) is 2.97. The zero-order chi connectivity index (χ0) is 14.2. The van der Waals surface area contributed by atoms with E-state index in [1.54, 1.807) is 0 Å². The Morgan fingerprint density at radius 3 is 2.90 bits per heavy atom. The number of nitrogens with zero attached hydrogens (tertiary/aromatic N) is 1. The van der Waals surface area contributed by atoms with Gasteiger partial charge in [0.2, 0.25) is 5.91 Å². The summed E-state index contributed by atoms with van der Waals surface area (Å²) in [6.07, 6.45) is 4.54. The van der Waals surface area contributed by atoms with Gasteiger partial charge in [0.25, 0.3) is 0 Å². The quantitative estimate of drug-likeness (QED) is 0.750. The van der Waals surface area contributed by atoms with Crippen molar-refractivity contribution in [3.8, 4) is 0 Å². The number of nitrogens with one attached hydrogen (secondary N) is 2. The third-order valence-corrected chi connectivity index (χ3v) is 4.08. The number of piperidine rings is 1. The van der Waals surface area contributed by atoms with Gasteiger partial charge in [-0.25, -0.2) is 0 Å². The molecule has 2 rings (SSSR count). The number of carbonyl (C=O) groups excluding carboxylic acids is 1. The van der Waals surface area contributed by atoms with E-state index in [2.05, 4.69) is 22.5 Å². The maximum atomic E-state index is 11.9. The summed E-state index contributed by atoms with van der Waals surface area (Å²) in [5.74, 6) is 0.631. The first-order chi connectivity index (χ1) is 9.74. The summed E-state index contributed by atoms with van der Waals surface area (Å²) >= 11 is 0. The van der Waals surface area contributed by atoms with Gasteiger partial charge < -0.3 is 20.3 Å². The Balaban J connectivity index is 1.57. The van der Waals surface area contributed by atoms with E-state index in [0.717, 1.165) is 26.2 Å². The Labute approximate surface area is 122 Å². The zero-order valence-corrected chi connectivity index (χ0v) is 12.7. The Morgan fingerprint density at radius 1 is 1.40 bits per heavy atom. The average Bonchev–Trinajstić information content (AvgIpc) is 2.47. The molecule has 0 aromatic heterocycles. The Kier molecular flexibility index (Phi) is 6.76. The molecule has 0 aromatic rings. The van der Waals surface area contributed by atoms with Crippen molar-refractivity contribution in [2.45, 2.75) is 38.7 Å². The van der Waals surface area contributed by atoms with E-state index >= 15 is 0 Å². The minimum absolute atomic E-state index is 0.0427. The molecule has 2 unspecified atom stereocenters. The van der Waals surface area contributed by atoms with Crippen LogP contribution in [0.4, 0.5) is 0 Å². The van der Waals surface area contributed by atoms with E-state index < -0.39 is 0 Å². The van der Waals surface area contributed by atoms with Crippen LogP contribution in [0.1, 0.15) is 32.6 Å². The minimum atomic E-state index is 0.0427. The molecule has 2 aliphatic heterocycles. The molecule has 1 amide bonds. The van der Waals surface area contributed by atoms with Gasteiger partial charge in [-0.15, -0.1) is 0 Å². The number of ether oxygens (including phenoxy) is 1. The van der Waals surface area contributed by atoms with Crippen molar-refractivity contribution in [1.29, 1.82) is 0 Å². The summed E-state index contributed by atoms with van der Waals surface area (Å²) in [6, 6.07) is 0. The fraction of sp³-hybridized carbons (Fsp3) is 0.933. The van der Waals surface area contributed by atoms with Gasteiger partial charge in [-0.3, -0.25) is 4.79 Å².